The van der Waals surface area contributed by atoms with Gasteiger partial charge in [-0.2, -0.15) is 11.8 Å². The second kappa shape index (κ2) is 16.0. The molecule has 1 aromatic rings. The fraction of sp³-hybridized carbons (Fsp3) is 0.586. The molecule has 6 N–H and O–H groups in total. The lowest BCUT2D eigenvalue weighted by Gasteiger charge is -2.46. The number of ketones is 1. The Hall–Kier alpha value is -3.43. The van der Waals surface area contributed by atoms with E-state index in [1.165, 1.54) is 11.8 Å². The zero-order chi connectivity index (χ0) is 33.4. The third-order valence-corrected chi connectivity index (χ3v) is 8.23. The molecule has 3 atom stereocenters. The van der Waals surface area contributed by atoms with Crippen LogP contribution in [0.5, 0.6) is 0 Å². The lowest BCUT2D eigenvalue weighted by atomic mass is 9.71. The van der Waals surface area contributed by atoms with Crippen molar-refractivity contribution >= 4 is 63.6 Å². The van der Waals surface area contributed by atoms with Gasteiger partial charge in [-0.25, -0.2) is 19.4 Å². The molecule has 0 saturated heterocycles. The van der Waals surface area contributed by atoms with Crippen LogP contribution in [-0.2, 0) is 23.9 Å². The predicted molar refractivity (Wildman–Crippen MR) is 171 cm³/mol. The summed E-state index contributed by atoms with van der Waals surface area (Å²) in [4.78, 5) is 65.2. The molecule has 2 aliphatic rings. The Morgan fingerprint density at radius 1 is 1.18 bits per heavy atom. The molecule has 1 aliphatic heterocycles. The van der Waals surface area contributed by atoms with Crippen molar-refractivity contribution in [3.63, 3.8) is 0 Å². The topological polar surface area (TPSA) is 199 Å². The molecule has 1 fully saturated rings. The average molecular weight is 654 g/mol. The molecule has 0 bridgehead atoms. The number of amides is 3. The summed E-state index contributed by atoms with van der Waals surface area (Å²) in [7, 11) is 0. The van der Waals surface area contributed by atoms with Crippen LogP contribution >= 0.6 is 23.1 Å². The molecule has 0 radical (unpaired) electrons. The molecule has 1 aromatic heterocycles. The number of nitrogens with zero attached hydrogens (tertiary/aromatic N) is 1. The summed E-state index contributed by atoms with van der Waals surface area (Å²) in [6.07, 6.45) is 0.431. The van der Waals surface area contributed by atoms with Crippen LogP contribution in [0.2, 0.25) is 0 Å². The van der Waals surface area contributed by atoms with Gasteiger partial charge in [0.15, 0.2) is 10.9 Å². The second-order valence-corrected chi connectivity index (χ2v) is 13.7. The molecular weight excluding hydrogens is 610 g/mol. The van der Waals surface area contributed by atoms with Gasteiger partial charge in [0.25, 0.3) is 5.91 Å². The van der Waals surface area contributed by atoms with E-state index in [0.717, 1.165) is 11.3 Å². The van der Waals surface area contributed by atoms with Crippen LogP contribution in [0, 0.1) is 5.92 Å². The summed E-state index contributed by atoms with van der Waals surface area (Å²) in [6.45, 7) is 15.3. The summed E-state index contributed by atoms with van der Waals surface area (Å²) >= 11 is 2.41. The minimum Gasteiger partial charge on any atom is -0.478 e. The van der Waals surface area contributed by atoms with Gasteiger partial charge in [-0.15, -0.1) is 11.3 Å². The normalized spacial score (nSPS) is 19.8. The maximum absolute atomic E-state index is 13.1. The molecule has 2 heterocycles. The Bertz CT molecular complexity index is 1290. The van der Waals surface area contributed by atoms with E-state index in [0.29, 0.717) is 29.8 Å². The van der Waals surface area contributed by atoms with Crippen LogP contribution in [0.3, 0.4) is 0 Å². The fourth-order valence-corrected chi connectivity index (χ4v) is 6.73. The van der Waals surface area contributed by atoms with Crippen LogP contribution in [-0.4, -0.2) is 81.3 Å². The highest BCUT2D eigenvalue weighted by molar-refractivity contribution is 8.00. The van der Waals surface area contributed by atoms with Gasteiger partial charge in [-0.3, -0.25) is 14.9 Å². The van der Waals surface area contributed by atoms with Gasteiger partial charge in [0.2, 0.25) is 0 Å². The first-order chi connectivity index (χ1) is 20.4. The number of carbonyl (C=O) groups is 5. The number of Topliss-reactive ketones (excluding diaryl/α,β-unsaturated/α-hetero) is 1. The zero-order valence-corrected chi connectivity index (χ0v) is 27.9. The van der Waals surface area contributed by atoms with E-state index in [2.05, 4.69) is 48.6 Å². The number of fused-ring (bicyclic) bond motifs is 1. The van der Waals surface area contributed by atoms with Gasteiger partial charge >= 0.3 is 18.2 Å². The number of thiazole rings is 1. The van der Waals surface area contributed by atoms with E-state index < -0.39 is 52.7 Å². The average Bonchev–Trinajstić information content (AvgIpc) is 3.34. The predicted octanol–water partition coefficient (Wildman–Crippen LogP) is 3.95. The second-order valence-electron chi connectivity index (χ2n) is 11.7. The highest BCUT2D eigenvalue weighted by Crippen LogP contribution is 2.45. The molecule has 1 aliphatic carbocycles. The number of hydrogen-bond acceptors (Lipinski definition) is 11. The quantitative estimate of drug-likeness (QED) is 0.229. The van der Waals surface area contributed by atoms with E-state index in [9.17, 15) is 29.1 Å². The van der Waals surface area contributed by atoms with Crippen molar-refractivity contribution in [2.24, 2.45) is 11.7 Å². The number of primary amides is 1. The van der Waals surface area contributed by atoms with Gasteiger partial charge < -0.3 is 30.9 Å². The number of carbonyl (C=O) groups excluding carboxylic acids is 4. The first kappa shape index (κ1) is 36.8. The summed E-state index contributed by atoms with van der Waals surface area (Å²) in [5, 5.41) is 19.6. The zero-order valence-electron chi connectivity index (χ0n) is 26.3. The number of anilines is 1. The molecule has 244 valence electrons. The van der Waals surface area contributed by atoms with Crippen LogP contribution in [0.15, 0.2) is 22.6 Å². The molecule has 1 unspecified atom stereocenters. The Morgan fingerprint density at radius 2 is 1.82 bits per heavy atom. The molecule has 13 nitrogen and oxygen atoms in total. The van der Waals surface area contributed by atoms with Crippen LogP contribution in [0.1, 0.15) is 67.5 Å². The van der Waals surface area contributed by atoms with Crippen molar-refractivity contribution in [3.05, 3.63) is 28.3 Å². The smallest absolute Gasteiger partial charge is 0.413 e. The molecule has 3 rings (SSSR count). The van der Waals surface area contributed by atoms with E-state index in [1.54, 1.807) is 32.2 Å². The molecule has 44 heavy (non-hydrogen) atoms. The first-order valence-corrected chi connectivity index (χ1v) is 16.1. The lowest BCUT2D eigenvalue weighted by Crippen LogP contribution is -2.65. The number of nitrogens with two attached hydrogens (primary N) is 1. The number of carboxylic acid groups (broad SMARTS) is 1. The highest BCUT2D eigenvalue weighted by Gasteiger charge is 2.56. The van der Waals surface area contributed by atoms with Gasteiger partial charge in [-0.1, -0.05) is 40.7 Å². The largest absolute Gasteiger partial charge is 0.478 e. The minimum absolute atomic E-state index is 0.123. The summed E-state index contributed by atoms with van der Waals surface area (Å²) in [6, 6.07) is 0.355. The monoisotopic (exact) mass is 653 g/mol. The molecule has 3 amide bonds. The number of thioether (sulfide) groups is 1. The molecule has 0 aromatic carbocycles. The summed E-state index contributed by atoms with van der Waals surface area (Å²) < 4.78 is 9.94. The standard InChI is InChI=1S/C23H28N4O8S2.C6H15N/c1-5-6-11(12-9-37-21(25-12)27-22(33)35-23(2,3)4)18(29)26-15-16(28)14-13(19(30)31)10(7-34-20(24)32)8-36-17(14)15;1-5(2)7-6(3)4/h6,9,14-15,17H,5,7-8H2,1-4H3,(H2,24,32)(H,26,29)(H,30,31)(H,25,27,33);5-7H,1-4H3/b11-6-;/t14?,15-,17+;/m1./s1. The van der Waals surface area contributed by atoms with E-state index in [1.807, 2.05) is 6.92 Å². The Labute approximate surface area is 265 Å². The number of ether oxygens (including phenoxy) is 2. The Morgan fingerprint density at radius 3 is 2.32 bits per heavy atom. The van der Waals surface area contributed by atoms with Crippen molar-refractivity contribution < 1.29 is 38.6 Å². The number of allylic oxidation sites excluding steroid dienone is 1. The van der Waals surface area contributed by atoms with Crippen molar-refractivity contribution in [2.45, 2.75) is 90.8 Å². The van der Waals surface area contributed by atoms with Gasteiger partial charge in [0.05, 0.1) is 22.8 Å². The number of nitrogens with one attached hydrogen (secondary N) is 3. The molecule has 1 saturated carbocycles. The van der Waals surface area contributed by atoms with Gasteiger partial charge in [0, 0.05) is 28.5 Å². The summed E-state index contributed by atoms with van der Waals surface area (Å²) in [5.41, 5.74) is 4.99. The molecule has 0 spiro atoms. The lowest BCUT2D eigenvalue weighted by molar-refractivity contribution is -0.139. The van der Waals surface area contributed by atoms with Crippen molar-refractivity contribution in [1.82, 2.24) is 15.6 Å². The maximum Gasteiger partial charge on any atom is 0.413 e. The Kier molecular flexibility index (Phi) is 13.4. The number of aromatic nitrogens is 1. The number of rotatable bonds is 10. The maximum atomic E-state index is 13.1. The fourth-order valence-electron chi connectivity index (χ4n) is 4.55. The van der Waals surface area contributed by atoms with Crippen LogP contribution < -0.4 is 21.7 Å². The summed E-state index contributed by atoms with van der Waals surface area (Å²) in [5.74, 6) is -3.00. The number of hydrogen-bond donors (Lipinski definition) is 5. The van der Waals surface area contributed by atoms with Crippen molar-refractivity contribution in [2.75, 3.05) is 17.7 Å². The third kappa shape index (κ3) is 10.6. The molecule has 15 heteroatoms. The first-order valence-electron chi connectivity index (χ1n) is 14.2. The number of aliphatic carboxylic acids is 1. The minimum atomic E-state index is -1.28. The highest BCUT2D eigenvalue weighted by atomic mass is 32.2. The van der Waals surface area contributed by atoms with E-state index in [4.69, 9.17) is 15.2 Å². The van der Waals surface area contributed by atoms with Crippen molar-refractivity contribution in [3.8, 4) is 0 Å². The van der Waals surface area contributed by atoms with Crippen molar-refractivity contribution in [1.29, 1.82) is 0 Å². The molecular formula is C29H43N5O8S2. The van der Waals surface area contributed by atoms with E-state index >= 15 is 0 Å². The van der Waals surface area contributed by atoms with Gasteiger partial charge in [-0.05, 0) is 32.8 Å². The van der Waals surface area contributed by atoms with Crippen LogP contribution in [0.25, 0.3) is 5.57 Å². The third-order valence-electron chi connectivity index (χ3n) is 6.03. The number of carboxylic acids is 1. The van der Waals surface area contributed by atoms with E-state index in [-0.39, 0.29) is 28.6 Å². The Balaban J connectivity index is 0.000000860. The van der Waals surface area contributed by atoms with Crippen LogP contribution in [0.4, 0.5) is 14.7 Å². The van der Waals surface area contributed by atoms with Gasteiger partial charge in [0.1, 0.15) is 18.2 Å². The SMILES string of the molecule is CC(C)NC(C)C.CC/C=C(\C(=O)N[C@@H]1C(=O)C2C(C(=O)O)=C(COC(N)=O)CS[C@@H]21)c1csc(NC(=O)OC(C)(C)C)n1.